The number of methoxy groups -OCH3 is 1. The molecule has 1 aliphatic rings. The molecule has 4 nitrogen and oxygen atoms in total. The minimum Gasteiger partial charge on any atom is -0.497 e. The van der Waals surface area contributed by atoms with Crippen molar-refractivity contribution in [1.29, 1.82) is 10.5 Å². The minimum absolute atomic E-state index is 0.180. The van der Waals surface area contributed by atoms with Crippen molar-refractivity contribution < 1.29 is 4.74 Å². The van der Waals surface area contributed by atoms with Gasteiger partial charge in [0.25, 0.3) is 0 Å². The first kappa shape index (κ1) is 17.1. The van der Waals surface area contributed by atoms with Crippen LogP contribution in [-0.2, 0) is 0 Å². The van der Waals surface area contributed by atoms with E-state index in [1.54, 1.807) is 7.11 Å². The summed E-state index contributed by atoms with van der Waals surface area (Å²) in [6.07, 6.45) is 0. The van der Waals surface area contributed by atoms with E-state index in [9.17, 15) is 10.5 Å². The van der Waals surface area contributed by atoms with Gasteiger partial charge in [-0.2, -0.15) is 10.5 Å². The standard InChI is InChI=1S/C23H19N3O/c1-27-16-9-6-15(7-10-16)21-18-11-8-14-4-2-3-5-17(14)22(18)20(13-25)23(26)19(21)12-24/h2-11,19-21,23H,26H2,1H3. The molecule has 0 radical (unpaired) electrons. The summed E-state index contributed by atoms with van der Waals surface area (Å²) in [6.45, 7) is 0. The number of rotatable bonds is 2. The SMILES string of the molecule is COc1ccc(C2c3ccc4ccccc4c3C(C#N)C(N)C2C#N)cc1. The van der Waals surface area contributed by atoms with Gasteiger partial charge in [0, 0.05) is 12.0 Å². The zero-order valence-corrected chi connectivity index (χ0v) is 15.0. The lowest BCUT2D eigenvalue weighted by molar-refractivity contribution is 0.406. The van der Waals surface area contributed by atoms with Gasteiger partial charge in [-0.3, -0.25) is 0 Å². The van der Waals surface area contributed by atoms with Crippen LogP contribution in [0, 0.1) is 28.6 Å². The molecule has 4 rings (SSSR count). The maximum atomic E-state index is 9.88. The van der Waals surface area contributed by atoms with Crippen LogP contribution >= 0.6 is 0 Å². The van der Waals surface area contributed by atoms with Crippen molar-refractivity contribution in [3.63, 3.8) is 0 Å². The van der Waals surface area contributed by atoms with Gasteiger partial charge in [0.1, 0.15) is 5.75 Å². The maximum absolute atomic E-state index is 9.88. The van der Waals surface area contributed by atoms with Crippen LogP contribution < -0.4 is 10.5 Å². The van der Waals surface area contributed by atoms with Gasteiger partial charge in [-0.15, -0.1) is 0 Å². The van der Waals surface area contributed by atoms with E-state index >= 15 is 0 Å². The molecular weight excluding hydrogens is 334 g/mol. The van der Waals surface area contributed by atoms with Crippen molar-refractivity contribution in [2.75, 3.05) is 7.11 Å². The Labute approximate surface area is 158 Å². The lowest BCUT2D eigenvalue weighted by atomic mass is 9.65. The van der Waals surface area contributed by atoms with Gasteiger partial charge in [0.15, 0.2) is 0 Å². The predicted molar refractivity (Wildman–Crippen MR) is 104 cm³/mol. The third kappa shape index (κ3) is 2.63. The molecule has 27 heavy (non-hydrogen) atoms. The average molecular weight is 353 g/mol. The number of nitriles is 2. The van der Waals surface area contributed by atoms with E-state index in [0.29, 0.717) is 0 Å². The van der Waals surface area contributed by atoms with Crippen LogP contribution in [0.25, 0.3) is 10.8 Å². The number of benzene rings is 3. The lowest BCUT2D eigenvalue weighted by Crippen LogP contribution is -2.43. The molecule has 3 aromatic carbocycles. The first-order chi connectivity index (χ1) is 13.2. The van der Waals surface area contributed by atoms with Crippen molar-refractivity contribution in [3.05, 3.63) is 77.4 Å². The Kier molecular flexibility index (Phi) is 4.28. The molecule has 132 valence electrons. The summed E-state index contributed by atoms with van der Waals surface area (Å²) in [7, 11) is 1.63. The molecule has 0 heterocycles. The quantitative estimate of drug-likeness (QED) is 0.753. The second kappa shape index (κ2) is 6.76. The van der Waals surface area contributed by atoms with Crippen LogP contribution in [0.15, 0.2) is 60.7 Å². The average Bonchev–Trinajstić information content (AvgIpc) is 2.73. The van der Waals surface area contributed by atoms with Crippen molar-refractivity contribution in [3.8, 4) is 17.9 Å². The fourth-order valence-corrected chi connectivity index (χ4v) is 4.26. The van der Waals surface area contributed by atoms with Crippen molar-refractivity contribution in [2.24, 2.45) is 11.7 Å². The van der Waals surface area contributed by atoms with Crippen LogP contribution in [-0.4, -0.2) is 13.2 Å². The normalized spacial score (nSPS) is 23.9. The van der Waals surface area contributed by atoms with Gasteiger partial charge in [-0.25, -0.2) is 0 Å². The third-order valence-electron chi connectivity index (χ3n) is 5.57. The molecule has 4 atom stereocenters. The van der Waals surface area contributed by atoms with Crippen molar-refractivity contribution in [2.45, 2.75) is 17.9 Å². The van der Waals surface area contributed by atoms with Gasteiger partial charge >= 0.3 is 0 Å². The summed E-state index contributed by atoms with van der Waals surface area (Å²) in [5.74, 6) is -0.400. The molecule has 0 spiro atoms. The Morgan fingerprint density at radius 2 is 1.67 bits per heavy atom. The summed E-state index contributed by atoms with van der Waals surface area (Å²) >= 11 is 0. The fourth-order valence-electron chi connectivity index (χ4n) is 4.26. The monoisotopic (exact) mass is 353 g/mol. The van der Waals surface area contributed by atoms with Gasteiger partial charge < -0.3 is 10.5 Å². The number of nitrogens with two attached hydrogens (primary N) is 1. The fraction of sp³-hybridized carbons (Fsp3) is 0.217. The Hall–Kier alpha value is -3.34. The summed E-state index contributed by atoms with van der Waals surface area (Å²) in [5, 5.41) is 21.8. The van der Waals surface area contributed by atoms with E-state index in [1.165, 1.54) is 0 Å². The molecular formula is C23H19N3O. The van der Waals surface area contributed by atoms with Crippen molar-refractivity contribution in [1.82, 2.24) is 0 Å². The predicted octanol–water partition coefficient (Wildman–Crippen LogP) is 4.07. The summed E-state index contributed by atoms with van der Waals surface area (Å²) in [4.78, 5) is 0. The second-order valence-electron chi connectivity index (χ2n) is 6.88. The molecule has 0 bridgehead atoms. The molecule has 4 heteroatoms. The molecule has 0 aromatic heterocycles. The van der Waals surface area contributed by atoms with Gasteiger partial charge in [0.05, 0.1) is 31.1 Å². The Morgan fingerprint density at radius 1 is 0.926 bits per heavy atom. The van der Waals surface area contributed by atoms with Crippen LogP contribution in [0.4, 0.5) is 0 Å². The molecule has 1 aliphatic carbocycles. The minimum atomic E-state index is -0.551. The number of ether oxygens (including phenoxy) is 1. The number of fused-ring (bicyclic) bond motifs is 3. The Bertz CT molecular complexity index is 1080. The van der Waals surface area contributed by atoms with Crippen molar-refractivity contribution >= 4 is 10.8 Å². The first-order valence-electron chi connectivity index (χ1n) is 8.90. The highest BCUT2D eigenvalue weighted by Crippen LogP contribution is 2.47. The summed E-state index contributed by atoms with van der Waals surface area (Å²) < 4.78 is 5.26. The smallest absolute Gasteiger partial charge is 0.118 e. The van der Waals surface area contributed by atoms with Gasteiger partial charge in [0.2, 0.25) is 0 Å². The molecule has 0 saturated carbocycles. The largest absolute Gasteiger partial charge is 0.497 e. The molecule has 2 N–H and O–H groups in total. The third-order valence-corrected chi connectivity index (χ3v) is 5.57. The lowest BCUT2D eigenvalue weighted by Gasteiger charge is -2.38. The zero-order valence-electron chi connectivity index (χ0n) is 15.0. The summed E-state index contributed by atoms with van der Waals surface area (Å²) in [5.41, 5.74) is 9.44. The maximum Gasteiger partial charge on any atom is 0.118 e. The van der Waals surface area contributed by atoms with E-state index in [4.69, 9.17) is 10.5 Å². The van der Waals surface area contributed by atoms with Crippen LogP contribution in [0.5, 0.6) is 5.75 Å². The molecule has 4 unspecified atom stereocenters. The molecule has 0 amide bonds. The highest BCUT2D eigenvalue weighted by atomic mass is 16.5. The van der Waals surface area contributed by atoms with E-state index in [1.807, 2.05) is 54.6 Å². The Morgan fingerprint density at radius 3 is 2.33 bits per heavy atom. The first-order valence-corrected chi connectivity index (χ1v) is 8.90. The van der Waals surface area contributed by atoms with Crippen LogP contribution in [0.3, 0.4) is 0 Å². The zero-order chi connectivity index (χ0) is 19.0. The molecule has 0 fully saturated rings. The highest BCUT2D eigenvalue weighted by Gasteiger charge is 2.42. The van der Waals surface area contributed by atoms with E-state index in [2.05, 4.69) is 18.2 Å². The van der Waals surface area contributed by atoms with Crippen LogP contribution in [0.2, 0.25) is 0 Å². The van der Waals surface area contributed by atoms with E-state index in [-0.39, 0.29) is 5.92 Å². The molecule has 0 saturated heterocycles. The summed E-state index contributed by atoms with van der Waals surface area (Å²) in [6, 6.07) is 24.1. The highest BCUT2D eigenvalue weighted by molar-refractivity contribution is 5.88. The number of nitrogens with zero attached hydrogens (tertiary/aromatic N) is 2. The van der Waals surface area contributed by atoms with Gasteiger partial charge in [-0.1, -0.05) is 48.5 Å². The topological polar surface area (TPSA) is 82.8 Å². The molecule has 0 aliphatic heterocycles. The second-order valence-corrected chi connectivity index (χ2v) is 6.88. The Balaban J connectivity index is 2.00. The van der Waals surface area contributed by atoms with Gasteiger partial charge in [-0.05, 0) is 39.6 Å². The van der Waals surface area contributed by atoms with E-state index in [0.717, 1.165) is 33.2 Å². The number of hydrogen-bond donors (Lipinski definition) is 1. The van der Waals surface area contributed by atoms with Crippen LogP contribution in [0.1, 0.15) is 28.5 Å². The molecule has 3 aromatic rings. The number of hydrogen-bond acceptors (Lipinski definition) is 4. The van der Waals surface area contributed by atoms with E-state index < -0.39 is 17.9 Å².